The predicted octanol–water partition coefficient (Wildman–Crippen LogP) is 0.219. The van der Waals surface area contributed by atoms with Crippen molar-refractivity contribution in [2.45, 2.75) is 6.92 Å². The van der Waals surface area contributed by atoms with E-state index in [1.165, 1.54) is 0 Å². The molecule has 0 spiro atoms. The van der Waals surface area contributed by atoms with Gasteiger partial charge in [0.2, 0.25) is 0 Å². The number of rotatable bonds is 1. The molecule has 5 nitrogen and oxygen atoms in total. The monoisotopic (exact) mass is 154 g/mol. The molecule has 0 saturated heterocycles. The summed E-state index contributed by atoms with van der Waals surface area (Å²) in [6.07, 6.45) is 0. The number of nitrogens with one attached hydrogen (secondary N) is 1. The highest BCUT2D eigenvalue weighted by atomic mass is 16.2. The minimum Gasteiger partial charge on any atom is -0.351 e. The molecule has 0 fully saturated rings. The van der Waals surface area contributed by atoms with Gasteiger partial charge in [0.25, 0.3) is 0 Å². The second-order valence-electron chi connectivity index (χ2n) is 2.28. The van der Waals surface area contributed by atoms with E-state index in [1.54, 1.807) is 17.8 Å². The van der Waals surface area contributed by atoms with Gasteiger partial charge in [0.05, 0.1) is 5.69 Å². The maximum Gasteiger partial charge on any atom is 0.317 e. The molecule has 0 aliphatic rings. The third kappa shape index (κ3) is 1.70. The number of urea groups is 1. The number of aromatic nitrogens is 2. The molecule has 0 atom stereocenters. The molecule has 0 unspecified atom stereocenters. The first kappa shape index (κ1) is 7.59. The zero-order chi connectivity index (χ0) is 8.43. The van der Waals surface area contributed by atoms with Crippen molar-refractivity contribution in [3.63, 3.8) is 0 Å². The van der Waals surface area contributed by atoms with Crippen molar-refractivity contribution in [2.24, 2.45) is 12.8 Å². The predicted molar refractivity (Wildman–Crippen MR) is 41.2 cm³/mol. The minimum absolute atomic E-state index is 0.576. The van der Waals surface area contributed by atoms with E-state index in [2.05, 4.69) is 10.4 Å². The number of carbonyl (C=O) groups is 1. The quantitative estimate of drug-likeness (QED) is 0.607. The van der Waals surface area contributed by atoms with E-state index in [0.29, 0.717) is 5.82 Å². The lowest BCUT2D eigenvalue weighted by molar-refractivity contribution is 0.259. The summed E-state index contributed by atoms with van der Waals surface area (Å²) in [5.41, 5.74) is 5.76. The highest BCUT2D eigenvalue weighted by Gasteiger charge is 2.01. The zero-order valence-corrected chi connectivity index (χ0v) is 6.46. The van der Waals surface area contributed by atoms with Crippen LogP contribution in [-0.4, -0.2) is 15.8 Å². The number of anilines is 1. The number of amides is 2. The van der Waals surface area contributed by atoms with Crippen molar-refractivity contribution in [1.82, 2.24) is 9.78 Å². The molecule has 60 valence electrons. The van der Waals surface area contributed by atoms with Gasteiger partial charge in [-0.15, -0.1) is 0 Å². The van der Waals surface area contributed by atoms with E-state index < -0.39 is 6.03 Å². The van der Waals surface area contributed by atoms with Crippen LogP contribution in [0.4, 0.5) is 10.6 Å². The van der Waals surface area contributed by atoms with Gasteiger partial charge < -0.3 is 5.73 Å². The highest BCUT2D eigenvalue weighted by molar-refractivity contribution is 5.86. The van der Waals surface area contributed by atoms with Gasteiger partial charge in [-0.2, -0.15) is 5.10 Å². The molecule has 5 heteroatoms. The first-order valence-corrected chi connectivity index (χ1v) is 3.16. The number of hydrogen-bond acceptors (Lipinski definition) is 2. The van der Waals surface area contributed by atoms with Gasteiger partial charge in [0.15, 0.2) is 0 Å². The van der Waals surface area contributed by atoms with Gasteiger partial charge in [-0.3, -0.25) is 10.00 Å². The van der Waals surface area contributed by atoms with Crippen LogP contribution in [0.25, 0.3) is 0 Å². The fourth-order valence-electron chi connectivity index (χ4n) is 0.854. The molecule has 1 heterocycles. The number of aryl methyl sites for hydroxylation is 2. The number of nitrogens with zero attached hydrogens (tertiary/aromatic N) is 2. The SMILES string of the molecule is Cc1cc(NC(N)=O)n(C)n1. The van der Waals surface area contributed by atoms with Crippen LogP contribution >= 0.6 is 0 Å². The van der Waals surface area contributed by atoms with Gasteiger partial charge in [-0.25, -0.2) is 4.79 Å². The summed E-state index contributed by atoms with van der Waals surface area (Å²) in [4.78, 5) is 10.4. The molecule has 0 aliphatic heterocycles. The molecule has 2 amide bonds. The van der Waals surface area contributed by atoms with Crippen LogP contribution in [0, 0.1) is 6.92 Å². The second-order valence-corrected chi connectivity index (χ2v) is 2.28. The molecule has 1 aromatic heterocycles. The maximum absolute atomic E-state index is 10.4. The molecular weight excluding hydrogens is 144 g/mol. The molecule has 0 radical (unpaired) electrons. The summed E-state index contributed by atoms with van der Waals surface area (Å²) in [5.74, 6) is 0.606. The highest BCUT2D eigenvalue weighted by Crippen LogP contribution is 2.06. The summed E-state index contributed by atoms with van der Waals surface area (Å²) in [7, 11) is 1.73. The van der Waals surface area contributed by atoms with Crippen LogP contribution < -0.4 is 11.1 Å². The molecule has 11 heavy (non-hydrogen) atoms. The summed E-state index contributed by atoms with van der Waals surface area (Å²) < 4.78 is 1.56. The fraction of sp³-hybridized carbons (Fsp3) is 0.333. The smallest absolute Gasteiger partial charge is 0.317 e. The third-order valence-electron chi connectivity index (χ3n) is 1.25. The molecule has 0 aliphatic carbocycles. The Morgan fingerprint density at radius 3 is 2.82 bits per heavy atom. The Balaban J connectivity index is 2.85. The first-order valence-electron chi connectivity index (χ1n) is 3.16. The van der Waals surface area contributed by atoms with Crippen molar-refractivity contribution in [1.29, 1.82) is 0 Å². The third-order valence-corrected chi connectivity index (χ3v) is 1.25. The summed E-state index contributed by atoms with van der Waals surface area (Å²) in [5, 5.41) is 6.44. The topological polar surface area (TPSA) is 72.9 Å². The Hall–Kier alpha value is -1.52. The van der Waals surface area contributed by atoms with Crippen molar-refractivity contribution in [3.8, 4) is 0 Å². The molecule has 1 aromatic rings. The van der Waals surface area contributed by atoms with Crippen LogP contribution in [-0.2, 0) is 7.05 Å². The van der Waals surface area contributed by atoms with Gasteiger partial charge in [-0.1, -0.05) is 0 Å². The van der Waals surface area contributed by atoms with Crippen LogP contribution in [0.5, 0.6) is 0 Å². The van der Waals surface area contributed by atoms with Crippen LogP contribution in [0.2, 0.25) is 0 Å². The molecule has 0 aromatic carbocycles. The van der Waals surface area contributed by atoms with E-state index in [9.17, 15) is 4.79 Å². The fourth-order valence-corrected chi connectivity index (χ4v) is 0.854. The van der Waals surface area contributed by atoms with Crippen molar-refractivity contribution >= 4 is 11.8 Å². The van der Waals surface area contributed by atoms with Crippen LogP contribution in [0.1, 0.15) is 5.69 Å². The number of carbonyl (C=O) groups excluding carboxylic acids is 1. The van der Waals surface area contributed by atoms with Crippen LogP contribution in [0.3, 0.4) is 0 Å². The van der Waals surface area contributed by atoms with E-state index in [4.69, 9.17) is 5.73 Å². The molecular formula is C6H10N4O. The lowest BCUT2D eigenvalue weighted by atomic mass is 10.5. The number of primary amides is 1. The average Bonchev–Trinajstić information content (AvgIpc) is 2.09. The summed E-state index contributed by atoms with van der Waals surface area (Å²) in [6, 6.07) is 1.16. The van der Waals surface area contributed by atoms with Gasteiger partial charge in [0, 0.05) is 13.1 Å². The minimum atomic E-state index is -0.576. The Morgan fingerprint density at radius 1 is 1.82 bits per heavy atom. The van der Waals surface area contributed by atoms with Crippen LogP contribution in [0.15, 0.2) is 6.07 Å². The summed E-state index contributed by atoms with van der Waals surface area (Å²) in [6.45, 7) is 1.84. The average molecular weight is 154 g/mol. The van der Waals surface area contributed by atoms with Gasteiger partial charge in [-0.05, 0) is 6.92 Å². The normalized spacial score (nSPS) is 9.64. The Kier molecular flexibility index (Phi) is 1.80. The largest absolute Gasteiger partial charge is 0.351 e. The zero-order valence-electron chi connectivity index (χ0n) is 6.46. The van der Waals surface area contributed by atoms with Crippen molar-refractivity contribution in [2.75, 3.05) is 5.32 Å². The Bertz CT molecular complexity index is 278. The second kappa shape index (κ2) is 2.61. The molecule has 0 saturated carbocycles. The maximum atomic E-state index is 10.4. The molecule has 0 bridgehead atoms. The molecule has 1 rings (SSSR count). The molecule has 3 N–H and O–H groups in total. The standard InChI is InChI=1S/C6H10N4O/c1-4-3-5(8-6(7)11)10(2)9-4/h3H,1-2H3,(H3,7,8,11). The van der Waals surface area contributed by atoms with Crippen molar-refractivity contribution < 1.29 is 4.79 Å². The Morgan fingerprint density at radius 2 is 2.45 bits per heavy atom. The Labute approximate surface area is 64.2 Å². The number of hydrogen-bond donors (Lipinski definition) is 2. The van der Waals surface area contributed by atoms with E-state index in [-0.39, 0.29) is 0 Å². The lowest BCUT2D eigenvalue weighted by Gasteiger charge is -1.99. The lowest BCUT2D eigenvalue weighted by Crippen LogP contribution is -2.20. The van der Waals surface area contributed by atoms with Gasteiger partial charge >= 0.3 is 6.03 Å². The summed E-state index contributed by atoms with van der Waals surface area (Å²) >= 11 is 0. The van der Waals surface area contributed by atoms with E-state index >= 15 is 0 Å². The van der Waals surface area contributed by atoms with Gasteiger partial charge in [0.1, 0.15) is 5.82 Å². The first-order chi connectivity index (χ1) is 5.09. The number of nitrogens with two attached hydrogens (primary N) is 1. The van der Waals surface area contributed by atoms with E-state index in [0.717, 1.165) is 5.69 Å². The van der Waals surface area contributed by atoms with E-state index in [1.807, 2.05) is 6.92 Å². The van der Waals surface area contributed by atoms with Crippen molar-refractivity contribution in [3.05, 3.63) is 11.8 Å².